The van der Waals surface area contributed by atoms with Gasteiger partial charge in [0.2, 0.25) is 11.8 Å². The minimum absolute atomic E-state index is 0.0611. The first-order chi connectivity index (χ1) is 11.5. The van der Waals surface area contributed by atoms with Crippen LogP contribution in [-0.4, -0.2) is 17.5 Å². The van der Waals surface area contributed by atoms with Crippen molar-refractivity contribution in [3.63, 3.8) is 0 Å². The Kier molecular flexibility index (Phi) is 5.69. The predicted molar refractivity (Wildman–Crippen MR) is 93.6 cm³/mol. The van der Waals surface area contributed by atoms with Crippen molar-refractivity contribution < 1.29 is 9.59 Å². The van der Waals surface area contributed by atoms with Gasteiger partial charge in [-0.05, 0) is 24.6 Å². The molecule has 0 radical (unpaired) electrons. The molecule has 1 aromatic carbocycles. The number of amides is 2. The van der Waals surface area contributed by atoms with Crippen molar-refractivity contribution in [2.75, 3.05) is 10.6 Å². The van der Waals surface area contributed by atoms with Gasteiger partial charge in [0.15, 0.2) is 5.66 Å². The molecule has 6 nitrogen and oxygen atoms in total. The Bertz CT molecular complexity index is 697. The van der Waals surface area contributed by atoms with E-state index in [2.05, 4.69) is 26.8 Å². The van der Waals surface area contributed by atoms with Crippen molar-refractivity contribution in [3.05, 3.63) is 23.8 Å². The average molecular weight is 326 g/mol. The van der Waals surface area contributed by atoms with Crippen LogP contribution < -0.4 is 10.6 Å². The van der Waals surface area contributed by atoms with E-state index in [4.69, 9.17) is 6.42 Å². The standard InChI is InChI=1S/C18H22N4O2/c1-4-6-11-18(21-22-18)12-10-17(24)20-15-9-7-8-14(13(15)3)19-16(23)5-2/h1,7-9H,5-6,10-12H2,2-3H3,(H,19,23)(H,20,24). The number of nitrogens with zero attached hydrogens (tertiary/aromatic N) is 2. The van der Waals surface area contributed by atoms with Gasteiger partial charge >= 0.3 is 0 Å². The maximum Gasteiger partial charge on any atom is 0.224 e. The number of nitrogens with one attached hydrogen (secondary N) is 2. The summed E-state index contributed by atoms with van der Waals surface area (Å²) in [4.78, 5) is 23.7. The van der Waals surface area contributed by atoms with E-state index in [-0.39, 0.29) is 11.8 Å². The SMILES string of the molecule is C#CCCC1(CCC(=O)Nc2cccc(NC(=O)CC)c2C)N=N1. The molecule has 0 bridgehead atoms. The van der Waals surface area contributed by atoms with E-state index in [1.54, 1.807) is 13.0 Å². The number of hydrogen-bond donors (Lipinski definition) is 2. The molecule has 1 aliphatic rings. The largest absolute Gasteiger partial charge is 0.326 e. The van der Waals surface area contributed by atoms with Crippen LogP contribution in [0.3, 0.4) is 0 Å². The molecule has 0 saturated carbocycles. The molecule has 1 aromatic rings. The van der Waals surface area contributed by atoms with Crippen molar-refractivity contribution in [1.29, 1.82) is 0 Å². The highest BCUT2D eigenvalue weighted by Gasteiger charge is 2.39. The Morgan fingerprint density at radius 2 is 1.79 bits per heavy atom. The monoisotopic (exact) mass is 326 g/mol. The van der Waals surface area contributed by atoms with Gasteiger partial charge in [-0.15, -0.1) is 12.3 Å². The Morgan fingerprint density at radius 1 is 1.17 bits per heavy atom. The number of anilines is 2. The second-order valence-electron chi connectivity index (χ2n) is 5.81. The van der Waals surface area contributed by atoms with Gasteiger partial charge in [-0.2, -0.15) is 10.2 Å². The molecule has 1 aliphatic heterocycles. The lowest BCUT2D eigenvalue weighted by Crippen LogP contribution is -2.18. The van der Waals surface area contributed by atoms with E-state index in [0.717, 1.165) is 5.56 Å². The van der Waals surface area contributed by atoms with E-state index >= 15 is 0 Å². The summed E-state index contributed by atoms with van der Waals surface area (Å²) in [6.45, 7) is 3.65. The van der Waals surface area contributed by atoms with Crippen LogP contribution >= 0.6 is 0 Å². The topological polar surface area (TPSA) is 82.9 Å². The van der Waals surface area contributed by atoms with Gasteiger partial charge in [-0.25, -0.2) is 0 Å². The fourth-order valence-corrected chi connectivity index (χ4v) is 2.34. The molecule has 1 heterocycles. The van der Waals surface area contributed by atoms with Gasteiger partial charge in [0.1, 0.15) is 0 Å². The molecule has 0 fully saturated rings. The first-order valence-corrected chi connectivity index (χ1v) is 8.06. The molecule has 0 aromatic heterocycles. The molecule has 126 valence electrons. The predicted octanol–water partition coefficient (Wildman–Crippen LogP) is 3.64. The Hall–Kier alpha value is -2.68. The second kappa shape index (κ2) is 7.73. The summed E-state index contributed by atoms with van der Waals surface area (Å²) in [5.74, 6) is 2.41. The molecular formula is C18H22N4O2. The van der Waals surface area contributed by atoms with Gasteiger partial charge < -0.3 is 10.6 Å². The third-order valence-electron chi connectivity index (χ3n) is 4.01. The van der Waals surface area contributed by atoms with Crippen LogP contribution in [0.1, 0.15) is 44.6 Å². The maximum absolute atomic E-state index is 12.2. The first kappa shape index (κ1) is 17.7. The first-order valence-electron chi connectivity index (χ1n) is 8.06. The van der Waals surface area contributed by atoms with Crippen LogP contribution in [0, 0.1) is 19.3 Å². The van der Waals surface area contributed by atoms with Crippen LogP contribution in [0.5, 0.6) is 0 Å². The number of benzene rings is 1. The van der Waals surface area contributed by atoms with E-state index < -0.39 is 5.66 Å². The van der Waals surface area contributed by atoms with Crippen LogP contribution in [0.4, 0.5) is 11.4 Å². The quantitative estimate of drug-likeness (QED) is 0.715. The zero-order valence-corrected chi connectivity index (χ0v) is 14.1. The summed E-state index contributed by atoms with van der Waals surface area (Å²) < 4.78 is 0. The van der Waals surface area contributed by atoms with E-state index in [9.17, 15) is 9.59 Å². The highest BCUT2D eigenvalue weighted by atomic mass is 16.2. The third-order valence-corrected chi connectivity index (χ3v) is 4.01. The molecule has 2 amide bonds. The Morgan fingerprint density at radius 3 is 2.33 bits per heavy atom. The molecule has 2 N–H and O–H groups in total. The summed E-state index contributed by atoms with van der Waals surface area (Å²) in [5.41, 5.74) is 1.78. The summed E-state index contributed by atoms with van der Waals surface area (Å²) in [6, 6.07) is 5.43. The number of carbonyl (C=O) groups excluding carboxylic acids is 2. The fourth-order valence-electron chi connectivity index (χ4n) is 2.34. The molecule has 0 atom stereocenters. The molecule has 2 rings (SSSR count). The van der Waals surface area contributed by atoms with Crippen LogP contribution in [0.25, 0.3) is 0 Å². The van der Waals surface area contributed by atoms with Crippen molar-refractivity contribution in [2.45, 2.75) is 51.6 Å². The molecule has 0 aliphatic carbocycles. The van der Waals surface area contributed by atoms with Crippen molar-refractivity contribution in [3.8, 4) is 12.3 Å². The van der Waals surface area contributed by atoms with E-state index in [1.165, 1.54) is 0 Å². The van der Waals surface area contributed by atoms with Crippen LogP contribution in [-0.2, 0) is 9.59 Å². The van der Waals surface area contributed by atoms with Crippen molar-refractivity contribution >= 4 is 23.2 Å². The number of carbonyl (C=O) groups is 2. The van der Waals surface area contributed by atoms with Crippen LogP contribution in [0.2, 0.25) is 0 Å². The summed E-state index contributed by atoms with van der Waals surface area (Å²) in [6.07, 6.45) is 7.84. The average Bonchev–Trinajstić information content (AvgIpc) is 3.35. The molecule has 0 saturated heterocycles. The molecular weight excluding hydrogens is 304 g/mol. The molecule has 24 heavy (non-hydrogen) atoms. The van der Waals surface area contributed by atoms with Gasteiger partial charge in [-0.1, -0.05) is 13.0 Å². The smallest absolute Gasteiger partial charge is 0.224 e. The number of rotatable bonds is 8. The lowest BCUT2D eigenvalue weighted by molar-refractivity contribution is -0.117. The van der Waals surface area contributed by atoms with E-state index in [1.807, 2.05) is 19.1 Å². The zero-order valence-electron chi connectivity index (χ0n) is 14.1. The molecule has 0 spiro atoms. The molecule has 0 unspecified atom stereocenters. The molecule has 6 heteroatoms. The zero-order chi connectivity index (χ0) is 17.6. The second-order valence-corrected chi connectivity index (χ2v) is 5.81. The summed E-state index contributed by atoms with van der Waals surface area (Å²) >= 11 is 0. The van der Waals surface area contributed by atoms with Gasteiger partial charge in [0.05, 0.1) is 0 Å². The van der Waals surface area contributed by atoms with Crippen molar-refractivity contribution in [1.82, 2.24) is 0 Å². The minimum Gasteiger partial charge on any atom is -0.326 e. The highest BCUT2D eigenvalue weighted by Crippen LogP contribution is 2.37. The Balaban J connectivity index is 1.91. The summed E-state index contributed by atoms with van der Waals surface area (Å²) in [5, 5.41) is 13.8. The lowest BCUT2D eigenvalue weighted by atomic mass is 10.0. The fraction of sp³-hybridized carbons (Fsp3) is 0.444. The van der Waals surface area contributed by atoms with E-state index in [0.29, 0.717) is 43.5 Å². The highest BCUT2D eigenvalue weighted by molar-refractivity contribution is 5.95. The minimum atomic E-state index is -0.449. The Labute approximate surface area is 142 Å². The maximum atomic E-state index is 12.2. The van der Waals surface area contributed by atoms with Gasteiger partial charge in [0, 0.05) is 43.5 Å². The van der Waals surface area contributed by atoms with Gasteiger partial charge in [-0.3, -0.25) is 9.59 Å². The van der Waals surface area contributed by atoms with Crippen molar-refractivity contribution in [2.24, 2.45) is 10.2 Å². The van der Waals surface area contributed by atoms with Crippen LogP contribution in [0.15, 0.2) is 28.4 Å². The third kappa shape index (κ3) is 4.66. The normalized spacial score (nSPS) is 13.9. The number of terminal acetylenes is 1. The lowest BCUT2D eigenvalue weighted by Gasteiger charge is -2.14. The number of hydrogen-bond acceptors (Lipinski definition) is 4. The summed E-state index contributed by atoms with van der Waals surface area (Å²) in [7, 11) is 0. The van der Waals surface area contributed by atoms with Gasteiger partial charge in [0.25, 0.3) is 0 Å².